The standard InChI is InChI=1S/C15H25N5O/c1-11(17-14(21)10-12-6-5-8-16-12)15-19-18-13-7-3-2-4-9-20(13)15/h11-12,16H,2-10H2,1H3,(H,17,21). The van der Waals surface area contributed by atoms with Crippen molar-refractivity contribution in [1.29, 1.82) is 0 Å². The fourth-order valence-corrected chi connectivity index (χ4v) is 3.35. The summed E-state index contributed by atoms with van der Waals surface area (Å²) >= 11 is 0. The average Bonchev–Trinajstić information content (AvgIpc) is 3.04. The van der Waals surface area contributed by atoms with E-state index in [1.807, 2.05) is 6.92 Å². The Kier molecular flexibility index (Phi) is 4.53. The summed E-state index contributed by atoms with van der Waals surface area (Å²) < 4.78 is 2.20. The van der Waals surface area contributed by atoms with Crippen LogP contribution < -0.4 is 10.6 Å². The van der Waals surface area contributed by atoms with Gasteiger partial charge in [0.2, 0.25) is 5.91 Å². The lowest BCUT2D eigenvalue weighted by molar-refractivity contribution is -0.122. The summed E-state index contributed by atoms with van der Waals surface area (Å²) in [6, 6.07) is 0.269. The zero-order chi connectivity index (χ0) is 14.7. The Labute approximate surface area is 125 Å². The van der Waals surface area contributed by atoms with Crippen LogP contribution in [0.3, 0.4) is 0 Å². The van der Waals surface area contributed by atoms with Crippen molar-refractivity contribution >= 4 is 5.91 Å². The third kappa shape index (κ3) is 3.43. The molecule has 3 heterocycles. The van der Waals surface area contributed by atoms with Crippen LogP contribution in [0.25, 0.3) is 0 Å². The second kappa shape index (κ2) is 6.56. The average molecular weight is 291 g/mol. The van der Waals surface area contributed by atoms with Gasteiger partial charge >= 0.3 is 0 Å². The fourth-order valence-electron chi connectivity index (χ4n) is 3.35. The van der Waals surface area contributed by atoms with Crippen molar-refractivity contribution in [1.82, 2.24) is 25.4 Å². The van der Waals surface area contributed by atoms with E-state index in [1.54, 1.807) is 0 Å². The second-order valence-electron chi connectivity index (χ2n) is 6.22. The van der Waals surface area contributed by atoms with Crippen molar-refractivity contribution in [2.45, 2.75) is 70.5 Å². The molecule has 0 aromatic carbocycles. The Morgan fingerprint density at radius 3 is 3.10 bits per heavy atom. The molecular formula is C15H25N5O. The van der Waals surface area contributed by atoms with Crippen LogP contribution >= 0.6 is 0 Å². The second-order valence-corrected chi connectivity index (χ2v) is 6.22. The third-order valence-electron chi connectivity index (χ3n) is 4.50. The van der Waals surface area contributed by atoms with E-state index in [0.29, 0.717) is 12.5 Å². The first-order chi connectivity index (χ1) is 10.2. The molecule has 2 atom stereocenters. The van der Waals surface area contributed by atoms with Gasteiger partial charge in [0, 0.05) is 25.4 Å². The molecular weight excluding hydrogens is 266 g/mol. The van der Waals surface area contributed by atoms with Gasteiger partial charge in [-0.15, -0.1) is 10.2 Å². The summed E-state index contributed by atoms with van der Waals surface area (Å²) in [6.07, 6.45) is 7.44. The lowest BCUT2D eigenvalue weighted by Crippen LogP contribution is -2.34. The van der Waals surface area contributed by atoms with E-state index in [-0.39, 0.29) is 11.9 Å². The molecule has 1 aromatic rings. The lowest BCUT2D eigenvalue weighted by atomic mass is 10.1. The summed E-state index contributed by atoms with van der Waals surface area (Å²) in [5.41, 5.74) is 0. The maximum atomic E-state index is 12.1. The smallest absolute Gasteiger partial charge is 0.222 e. The molecule has 0 aliphatic carbocycles. The maximum absolute atomic E-state index is 12.1. The lowest BCUT2D eigenvalue weighted by Gasteiger charge is -2.17. The van der Waals surface area contributed by atoms with Crippen molar-refractivity contribution in [2.75, 3.05) is 6.54 Å². The number of nitrogens with zero attached hydrogens (tertiary/aromatic N) is 3. The van der Waals surface area contributed by atoms with E-state index < -0.39 is 0 Å². The van der Waals surface area contributed by atoms with E-state index >= 15 is 0 Å². The summed E-state index contributed by atoms with van der Waals surface area (Å²) in [4.78, 5) is 12.1. The molecule has 2 aliphatic heterocycles. The summed E-state index contributed by atoms with van der Waals surface area (Å²) in [5, 5.41) is 15.0. The first-order valence-electron chi connectivity index (χ1n) is 8.19. The van der Waals surface area contributed by atoms with E-state index in [0.717, 1.165) is 37.6 Å². The van der Waals surface area contributed by atoms with Crippen LogP contribution in [0.5, 0.6) is 0 Å². The van der Waals surface area contributed by atoms with E-state index in [4.69, 9.17) is 0 Å². The number of hydrogen-bond donors (Lipinski definition) is 2. The predicted octanol–water partition coefficient (Wildman–Crippen LogP) is 1.32. The SMILES string of the molecule is CC(NC(=O)CC1CCCN1)c1nnc2n1CCCCC2. The van der Waals surface area contributed by atoms with Crippen molar-refractivity contribution in [3.05, 3.63) is 11.6 Å². The minimum absolute atomic E-state index is 0.0711. The van der Waals surface area contributed by atoms with Gasteiger partial charge in [0.05, 0.1) is 6.04 Å². The number of carbonyl (C=O) groups is 1. The van der Waals surface area contributed by atoms with Gasteiger partial charge < -0.3 is 15.2 Å². The zero-order valence-electron chi connectivity index (χ0n) is 12.8. The van der Waals surface area contributed by atoms with Crippen LogP contribution in [0, 0.1) is 0 Å². The highest BCUT2D eigenvalue weighted by molar-refractivity contribution is 5.77. The Bertz CT molecular complexity index is 492. The number of carbonyl (C=O) groups excluding carboxylic acids is 1. The molecule has 0 spiro atoms. The van der Waals surface area contributed by atoms with Crippen molar-refractivity contribution in [3.8, 4) is 0 Å². The number of rotatable bonds is 4. The zero-order valence-corrected chi connectivity index (χ0v) is 12.8. The minimum atomic E-state index is -0.0711. The highest BCUT2D eigenvalue weighted by Crippen LogP contribution is 2.19. The Morgan fingerprint density at radius 1 is 1.38 bits per heavy atom. The predicted molar refractivity (Wildman–Crippen MR) is 79.8 cm³/mol. The molecule has 6 nitrogen and oxygen atoms in total. The van der Waals surface area contributed by atoms with Crippen LogP contribution in [0.1, 0.15) is 63.1 Å². The Morgan fingerprint density at radius 2 is 2.29 bits per heavy atom. The Balaban J connectivity index is 1.61. The number of aryl methyl sites for hydroxylation is 1. The molecule has 0 saturated carbocycles. The topological polar surface area (TPSA) is 71.8 Å². The van der Waals surface area contributed by atoms with Crippen molar-refractivity contribution in [2.24, 2.45) is 0 Å². The first-order valence-corrected chi connectivity index (χ1v) is 8.19. The van der Waals surface area contributed by atoms with Gasteiger partial charge in [-0.2, -0.15) is 0 Å². The van der Waals surface area contributed by atoms with Crippen LogP contribution in [-0.4, -0.2) is 33.3 Å². The van der Waals surface area contributed by atoms with Gasteiger partial charge in [0.25, 0.3) is 0 Å². The van der Waals surface area contributed by atoms with Crippen LogP contribution in [0.15, 0.2) is 0 Å². The summed E-state index contributed by atoms with van der Waals surface area (Å²) in [7, 11) is 0. The molecule has 2 unspecified atom stereocenters. The number of fused-ring (bicyclic) bond motifs is 1. The normalized spacial score (nSPS) is 23.4. The molecule has 21 heavy (non-hydrogen) atoms. The maximum Gasteiger partial charge on any atom is 0.222 e. The van der Waals surface area contributed by atoms with E-state index in [2.05, 4.69) is 25.4 Å². The molecule has 0 bridgehead atoms. The number of nitrogens with one attached hydrogen (secondary N) is 2. The van der Waals surface area contributed by atoms with Gasteiger partial charge in [-0.1, -0.05) is 6.42 Å². The quantitative estimate of drug-likeness (QED) is 0.878. The molecule has 1 fully saturated rings. The number of aromatic nitrogens is 3. The van der Waals surface area contributed by atoms with Crippen LogP contribution in [0.2, 0.25) is 0 Å². The molecule has 6 heteroatoms. The molecule has 1 saturated heterocycles. The van der Waals surface area contributed by atoms with Crippen molar-refractivity contribution in [3.63, 3.8) is 0 Å². The van der Waals surface area contributed by atoms with Crippen LogP contribution in [0.4, 0.5) is 0 Å². The molecule has 0 radical (unpaired) electrons. The highest BCUT2D eigenvalue weighted by atomic mass is 16.1. The number of hydrogen-bond acceptors (Lipinski definition) is 4. The first kappa shape index (κ1) is 14.5. The van der Waals surface area contributed by atoms with Gasteiger partial charge in [-0.25, -0.2) is 0 Å². The highest BCUT2D eigenvalue weighted by Gasteiger charge is 2.22. The van der Waals surface area contributed by atoms with Gasteiger partial charge in [-0.3, -0.25) is 4.79 Å². The molecule has 3 rings (SSSR count). The van der Waals surface area contributed by atoms with E-state index in [1.165, 1.54) is 25.7 Å². The monoisotopic (exact) mass is 291 g/mol. The molecule has 116 valence electrons. The molecule has 1 amide bonds. The van der Waals surface area contributed by atoms with Crippen molar-refractivity contribution < 1.29 is 4.79 Å². The third-order valence-corrected chi connectivity index (χ3v) is 4.50. The number of amides is 1. The van der Waals surface area contributed by atoms with Gasteiger partial charge in [0.1, 0.15) is 5.82 Å². The molecule has 1 aromatic heterocycles. The van der Waals surface area contributed by atoms with E-state index in [9.17, 15) is 4.79 Å². The largest absolute Gasteiger partial charge is 0.346 e. The summed E-state index contributed by atoms with van der Waals surface area (Å²) in [6.45, 7) is 4.01. The van der Waals surface area contributed by atoms with Crippen LogP contribution in [-0.2, 0) is 17.8 Å². The minimum Gasteiger partial charge on any atom is -0.346 e. The molecule has 2 N–H and O–H groups in total. The van der Waals surface area contributed by atoms with Gasteiger partial charge in [0.15, 0.2) is 5.82 Å². The Hall–Kier alpha value is -1.43. The van der Waals surface area contributed by atoms with Gasteiger partial charge in [-0.05, 0) is 39.2 Å². The fraction of sp³-hybridized carbons (Fsp3) is 0.800. The molecule has 2 aliphatic rings. The summed E-state index contributed by atoms with van der Waals surface area (Å²) in [5.74, 6) is 2.08.